The maximum atomic E-state index is 14.4. The Morgan fingerprint density at radius 1 is 1.15 bits per heavy atom. The zero-order chi connectivity index (χ0) is 13.9. The van der Waals surface area contributed by atoms with E-state index in [9.17, 15) is 4.39 Å². The molecule has 0 spiro atoms. The predicted octanol–water partition coefficient (Wildman–Crippen LogP) is 3.56. The number of nitrogens with one attached hydrogen (secondary N) is 1. The Hall–Kier alpha value is -1.09. The molecule has 1 aromatic rings. The molecule has 0 saturated heterocycles. The molecule has 0 unspecified atom stereocenters. The molecule has 0 radical (unpaired) electrons. The second kappa shape index (κ2) is 6.13. The molecule has 3 rings (SSSR count). The van der Waals surface area contributed by atoms with E-state index in [-0.39, 0.29) is 5.82 Å². The summed E-state index contributed by atoms with van der Waals surface area (Å²) in [7, 11) is 0. The summed E-state index contributed by atoms with van der Waals surface area (Å²) in [5.41, 5.74) is 1.96. The highest BCUT2D eigenvalue weighted by Gasteiger charge is 2.31. The number of hydrogen-bond acceptors (Lipinski definition) is 2. The maximum absolute atomic E-state index is 14.4. The van der Waals surface area contributed by atoms with Crippen molar-refractivity contribution in [2.45, 2.75) is 39.2 Å². The number of para-hydroxylation sites is 1. The number of rotatable bonds is 8. The Morgan fingerprint density at radius 2 is 1.80 bits per heavy atom. The van der Waals surface area contributed by atoms with Gasteiger partial charge < -0.3 is 10.2 Å². The molecular weight excluding hydrogens is 251 g/mol. The molecule has 2 aliphatic rings. The Morgan fingerprint density at radius 3 is 2.35 bits per heavy atom. The normalized spacial score (nSPS) is 18.3. The van der Waals surface area contributed by atoms with Crippen molar-refractivity contribution >= 4 is 5.69 Å². The van der Waals surface area contributed by atoms with Gasteiger partial charge in [-0.3, -0.25) is 0 Å². The minimum atomic E-state index is -0.0540. The number of hydrogen-bond donors (Lipinski definition) is 1. The quantitative estimate of drug-likeness (QED) is 0.781. The van der Waals surface area contributed by atoms with Gasteiger partial charge in [-0.25, -0.2) is 4.39 Å². The summed E-state index contributed by atoms with van der Waals surface area (Å²) < 4.78 is 14.4. The molecule has 1 N–H and O–H groups in total. The van der Waals surface area contributed by atoms with Gasteiger partial charge in [-0.05, 0) is 55.7 Å². The van der Waals surface area contributed by atoms with E-state index in [1.54, 1.807) is 6.07 Å². The van der Waals surface area contributed by atoms with Gasteiger partial charge in [0.25, 0.3) is 0 Å². The first-order valence-electron chi connectivity index (χ1n) is 8.01. The van der Waals surface area contributed by atoms with Crippen molar-refractivity contribution in [3.63, 3.8) is 0 Å². The van der Waals surface area contributed by atoms with Gasteiger partial charge in [-0.1, -0.05) is 19.1 Å². The summed E-state index contributed by atoms with van der Waals surface area (Å²) in [6.07, 6.45) is 5.27. The summed E-state index contributed by atoms with van der Waals surface area (Å²) in [5, 5.41) is 3.33. The van der Waals surface area contributed by atoms with Crippen LogP contribution in [0.5, 0.6) is 0 Å². The topological polar surface area (TPSA) is 15.3 Å². The molecule has 0 heterocycles. The number of nitrogens with zero attached hydrogens (tertiary/aromatic N) is 1. The monoisotopic (exact) mass is 276 g/mol. The third-order valence-electron chi connectivity index (χ3n) is 4.30. The molecule has 0 bridgehead atoms. The van der Waals surface area contributed by atoms with Crippen molar-refractivity contribution in [2.75, 3.05) is 24.5 Å². The van der Waals surface area contributed by atoms with E-state index in [0.717, 1.165) is 49.3 Å². The van der Waals surface area contributed by atoms with Crippen LogP contribution >= 0.6 is 0 Å². The summed E-state index contributed by atoms with van der Waals surface area (Å²) in [4.78, 5) is 2.33. The smallest absolute Gasteiger partial charge is 0.146 e. The van der Waals surface area contributed by atoms with Crippen molar-refractivity contribution in [3.05, 3.63) is 29.6 Å². The molecule has 20 heavy (non-hydrogen) atoms. The van der Waals surface area contributed by atoms with Gasteiger partial charge in [0.2, 0.25) is 0 Å². The van der Waals surface area contributed by atoms with Crippen molar-refractivity contribution in [3.8, 4) is 0 Å². The van der Waals surface area contributed by atoms with E-state index < -0.39 is 0 Å². The van der Waals surface area contributed by atoms with Gasteiger partial charge in [-0.2, -0.15) is 0 Å². The maximum Gasteiger partial charge on any atom is 0.146 e. The molecule has 0 aromatic heterocycles. The molecule has 2 aliphatic carbocycles. The van der Waals surface area contributed by atoms with E-state index in [1.807, 2.05) is 6.07 Å². The zero-order valence-electron chi connectivity index (χ0n) is 12.4. The summed E-state index contributed by atoms with van der Waals surface area (Å²) in [6, 6.07) is 5.50. The van der Waals surface area contributed by atoms with Crippen molar-refractivity contribution < 1.29 is 4.39 Å². The molecular formula is C17H25FN2. The lowest BCUT2D eigenvalue weighted by Crippen LogP contribution is -2.30. The van der Waals surface area contributed by atoms with E-state index in [1.165, 1.54) is 25.7 Å². The summed E-state index contributed by atoms with van der Waals surface area (Å²) >= 11 is 0. The van der Waals surface area contributed by atoms with E-state index in [2.05, 4.69) is 23.2 Å². The third-order valence-corrected chi connectivity index (χ3v) is 4.30. The van der Waals surface area contributed by atoms with Crippen LogP contribution in [-0.4, -0.2) is 19.6 Å². The van der Waals surface area contributed by atoms with Crippen LogP contribution in [0, 0.1) is 17.7 Å². The highest BCUT2D eigenvalue weighted by atomic mass is 19.1. The van der Waals surface area contributed by atoms with Gasteiger partial charge in [0.15, 0.2) is 0 Å². The van der Waals surface area contributed by atoms with Crippen LogP contribution in [0.4, 0.5) is 10.1 Å². The lowest BCUT2D eigenvalue weighted by atomic mass is 10.1. The van der Waals surface area contributed by atoms with Crippen molar-refractivity contribution in [1.82, 2.24) is 5.32 Å². The highest BCUT2D eigenvalue weighted by Crippen LogP contribution is 2.37. The van der Waals surface area contributed by atoms with Crippen molar-refractivity contribution in [1.29, 1.82) is 0 Å². The fourth-order valence-electron chi connectivity index (χ4n) is 2.80. The Labute approximate surface area is 121 Å². The molecule has 1 aromatic carbocycles. The fraction of sp³-hybridized carbons (Fsp3) is 0.647. The molecule has 2 saturated carbocycles. The highest BCUT2D eigenvalue weighted by molar-refractivity contribution is 5.55. The minimum absolute atomic E-state index is 0.0540. The Balaban J connectivity index is 1.82. The fourth-order valence-corrected chi connectivity index (χ4v) is 2.80. The number of benzene rings is 1. The SMILES string of the molecule is CCNCc1cccc(F)c1N(CC1CC1)CC1CC1. The molecule has 0 amide bonds. The van der Waals surface area contributed by atoms with Crippen LogP contribution < -0.4 is 10.2 Å². The number of anilines is 1. The van der Waals surface area contributed by atoms with Gasteiger partial charge in [0, 0.05) is 19.6 Å². The molecule has 3 heteroatoms. The van der Waals surface area contributed by atoms with Crippen LogP contribution in [0.15, 0.2) is 18.2 Å². The van der Waals surface area contributed by atoms with Crippen LogP contribution in [0.3, 0.4) is 0 Å². The second-order valence-electron chi connectivity index (χ2n) is 6.32. The lowest BCUT2D eigenvalue weighted by Gasteiger charge is -2.28. The van der Waals surface area contributed by atoms with Gasteiger partial charge in [0.05, 0.1) is 5.69 Å². The van der Waals surface area contributed by atoms with Gasteiger partial charge in [-0.15, -0.1) is 0 Å². The molecule has 2 nitrogen and oxygen atoms in total. The molecule has 0 atom stereocenters. The van der Waals surface area contributed by atoms with E-state index in [4.69, 9.17) is 0 Å². The Kier molecular flexibility index (Phi) is 4.25. The molecule has 110 valence electrons. The summed E-state index contributed by atoms with van der Waals surface area (Å²) in [5.74, 6) is 1.53. The average Bonchev–Trinajstić information content (AvgIpc) is 3.31. The van der Waals surface area contributed by atoms with Crippen molar-refractivity contribution in [2.24, 2.45) is 11.8 Å². The van der Waals surface area contributed by atoms with Crippen LogP contribution in [0.1, 0.15) is 38.2 Å². The van der Waals surface area contributed by atoms with Crippen LogP contribution in [0.25, 0.3) is 0 Å². The van der Waals surface area contributed by atoms with Crippen LogP contribution in [-0.2, 0) is 6.54 Å². The third kappa shape index (κ3) is 3.51. The number of halogens is 1. The van der Waals surface area contributed by atoms with Gasteiger partial charge in [0.1, 0.15) is 5.82 Å². The molecule has 2 fully saturated rings. The predicted molar refractivity (Wildman–Crippen MR) is 81.4 cm³/mol. The lowest BCUT2D eigenvalue weighted by molar-refractivity contribution is 0.595. The Bertz CT molecular complexity index is 438. The van der Waals surface area contributed by atoms with E-state index in [0.29, 0.717) is 0 Å². The van der Waals surface area contributed by atoms with Gasteiger partial charge >= 0.3 is 0 Å². The first-order chi connectivity index (χ1) is 9.78. The first kappa shape index (κ1) is 13.9. The summed E-state index contributed by atoms with van der Waals surface area (Å²) in [6.45, 7) is 5.84. The minimum Gasteiger partial charge on any atom is -0.368 e. The largest absolute Gasteiger partial charge is 0.368 e. The zero-order valence-corrected chi connectivity index (χ0v) is 12.4. The van der Waals surface area contributed by atoms with Crippen LogP contribution in [0.2, 0.25) is 0 Å². The molecule has 0 aliphatic heterocycles. The average molecular weight is 276 g/mol. The standard InChI is InChI=1S/C17H25FN2/c1-2-19-10-15-4-3-5-16(18)17(15)20(11-13-6-7-13)12-14-8-9-14/h3-5,13-14,19H,2,6-12H2,1H3. The first-order valence-corrected chi connectivity index (χ1v) is 8.01. The second-order valence-corrected chi connectivity index (χ2v) is 6.32. The van der Waals surface area contributed by atoms with E-state index >= 15 is 0 Å².